The fraction of sp³-hybridized carbons (Fsp3) is 0.318. The molecule has 7 nitrogen and oxygen atoms in total. The van der Waals surface area contributed by atoms with Crippen LogP contribution in [0.2, 0.25) is 5.02 Å². The Bertz CT molecular complexity index is 1140. The number of urea groups is 1. The Hall–Kier alpha value is -3.27. The molecule has 5 rings (SSSR count). The minimum atomic E-state index is -4.61. The van der Waals surface area contributed by atoms with E-state index in [2.05, 4.69) is 0 Å². The molecule has 3 aliphatic heterocycles. The topological polar surface area (TPSA) is 70.2 Å². The normalized spacial score (nSPS) is 24.0. The Morgan fingerprint density at radius 2 is 1.85 bits per heavy atom. The van der Waals surface area contributed by atoms with Crippen molar-refractivity contribution in [3.05, 3.63) is 59.1 Å². The van der Waals surface area contributed by atoms with Gasteiger partial charge in [0.1, 0.15) is 11.8 Å². The van der Waals surface area contributed by atoms with Gasteiger partial charge in [-0.15, -0.1) is 0 Å². The van der Waals surface area contributed by atoms with Gasteiger partial charge in [0.2, 0.25) is 0 Å². The second kappa shape index (κ2) is 7.65. The lowest BCUT2D eigenvalue weighted by atomic mass is 10.1. The maximum absolute atomic E-state index is 13.1. The van der Waals surface area contributed by atoms with E-state index in [9.17, 15) is 27.6 Å². The number of alkyl halides is 3. The quantitative estimate of drug-likeness (QED) is 0.629. The van der Waals surface area contributed by atoms with Crippen molar-refractivity contribution in [1.29, 1.82) is 0 Å². The van der Waals surface area contributed by atoms with E-state index in [-0.39, 0.29) is 30.8 Å². The third kappa shape index (κ3) is 3.58. The lowest BCUT2D eigenvalue weighted by molar-refractivity contribution is -0.138. The van der Waals surface area contributed by atoms with Gasteiger partial charge in [0.05, 0.1) is 23.3 Å². The van der Waals surface area contributed by atoms with E-state index < -0.39 is 35.8 Å². The Balaban J connectivity index is 1.33. The fourth-order valence-electron chi connectivity index (χ4n) is 4.76. The molecule has 2 aromatic carbocycles. The molecule has 11 heteroatoms. The zero-order chi connectivity index (χ0) is 23.5. The van der Waals surface area contributed by atoms with E-state index in [1.54, 1.807) is 24.3 Å². The molecule has 3 heterocycles. The summed E-state index contributed by atoms with van der Waals surface area (Å²) < 4.78 is 44.8. The van der Waals surface area contributed by atoms with Crippen LogP contribution in [-0.4, -0.2) is 58.9 Å². The molecule has 1 unspecified atom stereocenters. The molecule has 2 bridgehead atoms. The maximum atomic E-state index is 13.1. The highest BCUT2D eigenvalue weighted by molar-refractivity contribution is 6.30. The molecular weight excluding hydrogens is 463 g/mol. The summed E-state index contributed by atoms with van der Waals surface area (Å²) >= 11 is 5.83. The summed E-state index contributed by atoms with van der Waals surface area (Å²) in [5.74, 6) is -0.514. The number of amides is 4. The number of fused-ring (bicyclic) bond motifs is 5. The molecular formula is C22H17ClF3N3O4. The van der Waals surface area contributed by atoms with Gasteiger partial charge in [0.25, 0.3) is 11.8 Å². The second-order valence-electron chi connectivity index (χ2n) is 8.10. The first kappa shape index (κ1) is 21.6. The summed E-state index contributed by atoms with van der Waals surface area (Å²) in [7, 11) is 0. The van der Waals surface area contributed by atoms with Gasteiger partial charge in [-0.05, 0) is 48.9 Å². The zero-order valence-electron chi connectivity index (χ0n) is 17.0. The van der Waals surface area contributed by atoms with Crippen LogP contribution in [0.15, 0.2) is 48.5 Å². The van der Waals surface area contributed by atoms with Crippen molar-refractivity contribution >= 4 is 35.1 Å². The van der Waals surface area contributed by atoms with E-state index in [0.717, 1.165) is 23.1 Å². The zero-order valence-corrected chi connectivity index (χ0v) is 17.7. The van der Waals surface area contributed by atoms with Crippen molar-refractivity contribution in [2.45, 2.75) is 30.7 Å². The molecule has 4 amide bonds. The first-order valence-electron chi connectivity index (χ1n) is 10.2. The predicted molar refractivity (Wildman–Crippen MR) is 111 cm³/mol. The van der Waals surface area contributed by atoms with Crippen LogP contribution in [0.25, 0.3) is 0 Å². The van der Waals surface area contributed by atoms with Crippen molar-refractivity contribution < 1.29 is 32.3 Å². The van der Waals surface area contributed by atoms with Gasteiger partial charge in [-0.1, -0.05) is 17.7 Å². The molecule has 0 aromatic heterocycles. The van der Waals surface area contributed by atoms with E-state index in [4.69, 9.17) is 16.3 Å². The highest BCUT2D eigenvalue weighted by Gasteiger charge is 2.62. The number of imide groups is 1. The van der Waals surface area contributed by atoms with Gasteiger partial charge in [0, 0.05) is 11.6 Å². The molecule has 3 atom stereocenters. The number of halogens is 4. The molecule has 0 spiro atoms. The number of hydrogen-bond donors (Lipinski definition) is 0. The summed E-state index contributed by atoms with van der Waals surface area (Å²) in [5, 5.41) is 0.528. The van der Waals surface area contributed by atoms with Gasteiger partial charge >= 0.3 is 12.2 Å². The van der Waals surface area contributed by atoms with E-state index in [0.29, 0.717) is 17.2 Å². The van der Waals surface area contributed by atoms with Crippen LogP contribution in [0.1, 0.15) is 12.0 Å². The smallest absolute Gasteiger partial charge is 0.416 e. The number of carbonyl (C=O) groups is 3. The number of piperazine rings is 1. The van der Waals surface area contributed by atoms with Gasteiger partial charge in [-0.25, -0.2) is 9.69 Å². The Kier molecular flexibility index (Phi) is 5.00. The third-order valence-electron chi connectivity index (χ3n) is 6.19. The lowest BCUT2D eigenvalue weighted by Gasteiger charge is -2.34. The summed E-state index contributed by atoms with van der Waals surface area (Å²) in [6, 6.07) is 8.08. The number of nitrogens with zero attached hydrogens (tertiary/aromatic N) is 3. The molecule has 0 N–H and O–H groups in total. The second-order valence-corrected chi connectivity index (χ2v) is 8.54. The highest BCUT2D eigenvalue weighted by atomic mass is 35.5. The summed E-state index contributed by atoms with van der Waals surface area (Å²) in [6.07, 6.45) is -4.17. The summed E-state index contributed by atoms with van der Waals surface area (Å²) in [4.78, 5) is 42.6. The average molecular weight is 480 g/mol. The van der Waals surface area contributed by atoms with Gasteiger partial charge in [-0.3, -0.25) is 9.59 Å². The molecule has 172 valence electrons. The number of benzene rings is 2. The minimum Gasteiger partial charge on any atom is -0.484 e. The van der Waals surface area contributed by atoms with Crippen molar-refractivity contribution in [2.24, 2.45) is 0 Å². The maximum Gasteiger partial charge on any atom is 0.416 e. The van der Waals surface area contributed by atoms with Crippen LogP contribution in [-0.2, 0) is 15.8 Å². The molecule has 3 fully saturated rings. The molecule has 0 aliphatic carbocycles. The summed E-state index contributed by atoms with van der Waals surface area (Å²) in [6.45, 7) is -0.0174. The first-order chi connectivity index (χ1) is 15.6. The largest absolute Gasteiger partial charge is 0.484 e. The molecule has 0 radical (unpaired) electrons. The van der Waals surface area contributed by atoms with Crippen LogP contribution in [0.4, 0.5) is 23.7 Å². The molecule has 3 aliphatic rings. The number of carbonyl (C=O) groups excluding carboxylic acids is 3. The summed E-state index contributed by atoms with van der Waals surface area (Å²) in [5.41, 5.74) is -1.09. The van der Waals surface area contributed by atoms with E-state index in [1.807, 2.05) is 0 Å². The van der Waals surface area contributed by atoms with Crippen molar-refractivity contribution in [1.82, 2.24) is 9.80 Å². The average Bonchev–Trinajstić information content (AvgIpc) is 3.44. The number of likely N-dealkylation sites (tertiary alicyclic amines) is 1. The van der Waals surface area contributed by atoms with Crippen LogP contribution in [0.5, 0.6) is 5.75 Å². The van der Waals surface area contributed by atoms with Gasteiger partial charge in [0.15, 0.2) is 6.61 Å². The van der Waals surface area contributed by atoms with Crippen LogP contribution >= 0.6 is 11.6 Å². The van der Waals surface area contributed by atoms with Gasteiger partial charge < -0.3 is 14.5 Å². The van der Waals surface area contributed by atoms with Crippen molar-refractivity contribution in [3.63, 3.8) is 0 Å². The van der Waals surface area contributed by atoms with E-state index in [1.165, 1.54) is 15.9 Å². The van der Waals surface area contributed by atoms with Gasteiger partial charge in [-0.2, -0.15) is 13.2 Å². The van der Waals surface area contributed by atoms with Crippen LogP contribution in [0, 0.1) is 0 Å². The number of anilines is 1. The highest BCUT2D eigenvalue weighted by Crippen LogP contribution is 2.43. The minimum absolute atomic E-state index is 0.141. The monoisotopic (exact) mass is 479 g/mol. The SMILES string of the molecule is O=C1[C@H]2[C@H]3CC(CN3C(=O)COc3ccc(Cl)cc3)N2C(=O)N1c1cccc(C(F)(F)F)c1. The Morgan fingerprint density at radius 3 is 2.55 bits per heavy atom. The van der Waals surface area contributed by atoms with E-state index >= 15 is 0 Å². The first-order valence-corrected chi connectivity index (χ1v) is 10.5. The molecule has 0 saturated carbocycles. The molecule has 3 saturated heterocycles. The lowest BCUT2D eigenvalue weighted by Crippen LogP contribution is -2.55. The number of hydrogen-bond acceptors (Lipinski definition) is 4. The molecule has 2 aromatic rings. The molecule has 33 heavy (non-hydrogen) atoms. The number of rotatable bonds is 4. The van der Waals surface area contributed by atoms with Crippen LogP contribution < -0.4 is 9.64 Å². The Labute approximate surface area is 191 Å². The third-order valence-corrected chi connectivity index (χ3v) is 6.44. The van der Waals surface area contributed by atoms with Crippen molar-refractivity contribution in [2.75, 3.05) is 18.1 Å². The predicted octanol–water partition coefficient (Wildman–Crippen LogP) is 3.56. The fourth-order valence-corrected chi connectivity index (χ4v) is 4.89. The van der Waals surface area contributed by atoms with Crippen LogP contribution in [0.3, 0.4) is 0 Å². The van der Waals surface area contributed by atoms with Crippen molar-refractivity contribution in [3.8, 4) is 5.75 Å². The standard InChI is InChI=1S/C22H17ClF3N3O4/c23-13-4-6-16(7-5-13)33-11-18(30)27-10-15-9-17(27)19-20(31)29(21(32)28(15)19)14-3-1-2-12(8-14)22(24,25)26/h1-8,15,17,19H,9-11H2/t15?,17-,19-/m1/s1. The number of ether oxygens (including phenoxy) is 1. The Morgan fingerprint density at radius 1 is 1.12 bits per heavy atom.